The van der Waals surface area contributed by atoms with Crippen LogP contribution in [-0.2, 0) is 17.9 Å². The molecule has 2 aromatic rings. The second-order valence-corrected chi connectivity index (χ2v) is 3.46. The van der Waals surface area contributed by atoms with Crippen molar-refractivity contribution in [3.63, 3.8) is 0 Å². The Morgan fingerprint density at radius 1 is 0.938 bits per heavy atom. The quantitative estimate of drug-likeness (QED) is 0.703. The highest BCUT2D eigenvalue weighted by Gasteiger charge is 2.32. The highest BCUT2D eigenvalue weighted by molar-refractivity contribution is 5.89. The normalized spacial score (nSPS) is 12.0. The lowest BCUT2D eigenvalue weighted by atomic mass is 9.99. The molecule has 1 radical (unpaired) electrons. The number of fused-ring (bicyclic) bond motifs is 1. The largest absolute Gasteiger partial charge is 0.417 e. The van der Waals surface area contributed by atoms with Crippen molar-refractivity contribution < 1.29 is 18.3 Å². The lowest BCUT2D eigenvalue weighted by molar-refractivity contribution is -0.136. The number of alkyl halides is 3. The van der Waals surface area contributed by atoms with Crippen LogP contribution in [-0.4, -0.2) is 0 Å². The lowest BCUT2D eigenvalue weighted by Gasteiger charge is -2.12. The molecule has 0 amide bonds. The molecule has 16 heavy (non-hydrogen) atoms. The zero-order valence-corrected chi connectivity index (χ0v) is 8.21. The first kappa shape index (κ1) is 11.0. The molecule has 4 heteroatoms. The van der Waals surface area contributed by atoms with Crippen LogP contribution in [0, 0.1) is 0 Å². The fraction of sp³-hybridized carbons (Fsp3) is 0.167. The van der Waals surface area contributed by atoms with Gasteiger partial charge in [-0.25, -0.2) is 5.11 Å². The van der Waals surface area contributed by atoms with E-state index in [-0.39, 0.29) is 5.39 Å². The molecule has 83 valence electrons. The summed E-state index contributed by atoms with van der Waals surface area (Å²) in [5.41, 5.74) is -0.302. The summed E-state index contributed by atoms with van der Waals surface area (Å²) in [5, 5.41) is 11.3. The SMILES string of the molecule is [O]Cc1ccc(C(F)(F)F)c2ccccc12. The zero-order chi connectivity index (χ0) is 11.8. The highest BCUT2D eigenvalue weighted by atomic mass is 19.4. The monoisotopic (exact) mass is 225 g/mol. The lowest BCUT2D eigenvalue weighted by Crippen LogP contribution is -2.06. The summed E-state index contributed by atoms with van der Waals surface area (Å²) in [6.45, 7) is -0.515. The summed E-state index contributed by atoms with van der Waals surface area (Å²) in [7, 11) is 0. The predicted octanol–water partition coefficient (Wildman–Crippen LogP) is 3.79. The number of halogens is 3. The molecule has 2 aromatic carbocycles. The molecule has 0 bridgehead atoms. The predicted molar refractivity (Wildman–Crippen MR) is 53.3 cm³/mol. The number of rotatable bonds is 1. The van der Waals surface area contributed by atoms with Gasteiger partial charge in [0.05, 0.1) is 5.56 Å². The van der Waals surface area contributed by atoms with E-state index in [0.29, 0.717) is 10.9 Å². The summed E-state index contributed by atoms with van der Waals surface area (Å²) >= 11 is 0. The third-order valence-corrected chi connectivity index (χ3v) is 2.48. The van der Waals surface area contributed by atoms with Gasteiger partial charge in [-0.1, -0.05) is 30.3 Å². The van der Waals surface area contributed by atoms with Crippen LogP contribution in [0.5, 0.6) is 0 Å². The molecule has 0 atom stereocenters. The van der Waals surface area contributed by atoms with Gasteiger partial charge in [-0.3, -0.25) is 0 Å². The van der Waals surface area contributed by atoms with Gasteiger partial charge in [0.1, 0.15) is 6.61 Å². The van der Waals surface area contributed by atoms with E-state index < -0.39 is 18.3 Å². The average molecular weight is 225 g/mol. The molecule has 0 unspecified atom stereocenters. The van der Waals surface area contributed by atoms with Gasteiger partial charge in [-0.15, -0.1) is 0 Å². The van der Waals surface area contributed by atoms with Crippen molar-refractivity contribution in [2.75, 3.05) is 0 Å². The minimum Gasteiger partial charge on any atom is -0.232 e. The van der Waals surface area contributed by atoms with Gasteiger partial charge < -0.3 is 0 Å². The van der Waals surface area contributed by atoms with Crippen LogP contribution >= 0.6 is 0 Å². The smallest absolute Gasteiger partial charge is 0.232 e. The molecular formula is C12H8F3O. The van der Waals surface area contributed by atoms with Crippen LogP contribution in [0.1, 0.15) is 11.1 Å². The maximum Gasteiger partial charge on any atom is 0.417 e. The van der Waals surface area contributed by atoms with Gasteiger partial charge in [0.2, 0.25) is 0 Å². The number of hydrogen-bond acceptors (Lipinski definition) is 0. The van der Waals surface area contributed by atoms with Crippen LogP contribution in [0.3, 0.4) is 0 Å². The molecular weight excluding hydrogens is 217 g/mol. The van der Waals surface area contributed by atoms with Crippen molar-refractivity contribution in [1.29, 1.82) is 0 Å². The molecule has 0 heterocycles. The van der Waals surface area contributed by atoms with Crippen molar-refractivity contribution in [2.24, 2.45) is 0 Å². The summed E-state index contributed by atoms with van der Waals surface area (Å²) in [5.74, 6) is 0. The van der Waals surface area contributed by atoms with Crippen LogP contribution in [0.2, 0.25) is 0 Å². The third kappa shape index (κ3) is 1.76. The molecule has 0 saturated heterocycles. The fourth-order valence-corrected chi connectivity index (χ4v) is 1.73. The van der Waals surface area contributed by atoms with E-state index in [4.69, 9.17) is 0 Å². The summed E-state index contributed by atoms with van der Waals surface area (Å²) in [6.07, 6.45) is -4.39. The average Bonchev–Trinajstić information content (AvgIpc) is 2.26. The van der Waals surface area contributed by atoms with Gasteiger partial charge in [0, 0.05) is 0 Å². The van der Waals surface area contributed by atoms with Gasteiger partial charge in [-0.2, -0.15) is 13.2 Å². The molecule has 0 spiro atoms. The van der Waals surface area contributed by atoms with Crippen LogP contribution in [0.4, 0.5) is 13.2 Å². The van der Waals surface area contributed by atoms with Crippen LogP contribution < -0.4 is 0 Å². The first-order valence-corrected chi connectivity index (χ1v) is 4.70. The van der Waals surface area contributed by atoms with Crippen molar-refractivity contribution in [2.45, 2.75) is 12.8 Å². The zero-order valence-electron chi connectivity index (χ0n) is 8.21. The van der Waals surface area contributed by atoms with E-state index in [1.807, 2.05) is 0 Å². The Morgan fingerprint density at radius 2 is 1.56 bits per heavy atom. The Balaban J connectivity index is 2.80. The molecule has 0 aliphatic carbocycles. The third-order valence-electron chi connectivity index (χ3n) is 2.48. The molecule has 0 N–H and O–H groups in total. The fourth-order valence-electron chi connectivity index (χ4n) is 1.73. The first-order valence-electron chi connectivity index (χ1n) is 4.70. The molecule has 0 fully saturated rings. The highest BCUT2D eigenvalue weighted by Crippen LogP contribution is 2.35. The summed E-state index contributed by atoms with van der Waals surface area (Å²) in [4.78, 5) is 0. The number of benzene rings is 2. The van der Waals surface area contributed by atoms with E-state index in [0.717, 1.165) is 6.07 Å². The van der Waals surface area contributed by atoms with E-state index in [9.17, 15) is 18.3 Å². The van der Waals surface area contributed by atoms with Crippen molar-refractivity contribution in [1.82, 2.24) is 0 Å². The maximum absolute atomic E-state index is 12.7. The standard InChI is InChI=1S/C12H8F3O/c13-12(14,15)11-6-5-8(7-16)9-3-1-2-4-10(9)11/h1-6H,7H2. The Hall–Kier alpha value is -1.55. The molecule has 0 aliphatic heterocycles. The van der Waals surface area contributed by atoms with Crippen LogP contribution in [0.25, 0.3) is 10.8 Å². The second-order valence-electron chi connectivity index (χ2n) is 3.46. The van der Waals surface area contributed by atoms with Crippen molar-refractivity contribution in [3.8, 4) is 0 Å². The minimum atomic E-state index is -4.39. The van der Waals surface area contributed by atoms with Crippen LogP contribution in [0.15, 0.2) is 36.4 Å². The van der Waals surface area contributed by atoms with E-state index in [1.54, 1.807) is 6.07 Å². The van der Waals surface area contributed by atoms with E-state index in [2.05, 4.69) is 0 Å². The van der Waals surface area contributed by atoms with Crippen molar-refractivity contribution >= 4 is 10.8 Å². The molecule has 2 rings (SSSR count). The number of hydrogen-bond donors (Lipinski definition) is 0. The van der Waals surface area contributed by atoms with Gasteiger partial charge in [0.15, 0.2) is 0 Å². The second kappa shape index (κ2) is 3.79. The van der Waals surface area contributed by atoms with Crippen molar-refractivity contribution in [3.05, 3.63) is 47.5 Å². The molecule has 0 aliphatic rings. The van der Waals surface area contributed by atoms with E-state index >= 15 is 0 Å². The maximum atomic E-state index is 12.7. The molecule has 0 saturated carbocycles. The van der Waals surface area contributed by atoms with Gasteiger partial charge >= 0.3 is 6.18 Å². The van der Waals surface area contributed by atoms with E-state index in [1.165, 1.54) is 24.3 Å². The Kier molecular flexibility index (Phi) is 2.59. The Bertz CT molecular complexity index is 517. The molecule has 0 aromatic heterocycles. The first-order chi connectivity index (χ1) is 7.54. The summed E-state index contributed by atoms with van der Waals surface area (Å²) < 4.78 is 38.0. The Labute approximate surface area is 90.1 Å². The summed E-state index contributed by atoms with van der Waals surface area (Å²) in [6, 6.07) is 8.30. The Morgan fingerprint density at radius 3 is 2.12 bits per heavy atom. The van der Waals surface area contributed by atoms with Gasteiger partial charge in [0.25, 0.3) is 0 Å². The van der Waals surface area contributed by atoms with Gasteiger partial charge in [-0.05, 0) is 22.4 Å². The topological polar surface area (TPSA) is 19.9 Å². The minimum absolute atomic E-state index is 0.0864. The molecule has 1 nitrogen and oxygen atoms in total.